The normalized spacial score (nSPS) is 15.5. The molecule has 122 valence electrons. The summed E-state index contributed by atoms with van der Waals surface area (Å²) in [6.45, 7) is 4.20. The van der Waals surface area contributed by atoms with Crippen LogP contribution in [0.2, 0.25) is 0 Å². The lowest BCUT2D eigenvalue weighted by Gasteiger charge is -2.26. The van der Waals surface area contributed by atoms with E-state index in [0.29, 0.717) is 11.4 Å². The molecule has 3 rings (SSSR count). The van der Waals surface area contributed by atoms with Gasteiger partial charge in [-0.2, -0.15) is 5.10 Å². The molecule has 23 heavy (non-hydrogen) atoms. The molecule has 1 aliphatic rings. The van der Waals surface area contributed by atoms with E-state index >= 15 is 0 Å². The molecule has 7 heteroatoms. The van der Waals surface area contributed by atoms with Gasteiger partial charge >= 0.3 is 0 Å². The first-order valence-electron chi connectivity index (χ1n) is 8.08. The number of aromatic nitrogens is 4. The van der Waals surface area contributed by atoms with Gasteiger partial charge in [-0.05, 0) is 25.9 Å². The Hall–Kier alpha value is -2.28. The molecule has 2 N–H and O–H groups in total. The van der Waals surface area contributed by atoms with Crippen LogP contribution in [0.1, 0.15) is 24.8 Å². The first-order chi connectivity index (χ1) is 11.3. The largest absolute Gasteiger partial charge is 0.368 e. The van der Waals surface area contributed by atoms with Gasteiger partial charge in [-0.3, -0.25) is 4.68 Å². The average Bonchev–Trinajstić information content (AvgIpc) is 3.02. The number of hydrogen-bond acceptors (Lipinski definition) is 6. The SMILES string of the molecule is Cn1cc(-c2ncnc(NCCN3CCCCC3)c2C=N)cn1. The number of piperidine rings is 1. The van der Waals surface area contributed by atoms with Crippen molar-refractivity contribution in [3.8, 4) is 11.3 Å². The second-order valence-corrected chi connectivity index (χ2v) is 5.86. The second-order valence-electron chi connectivity index (χ2n) is 5.86. The first kappa shape index (κ1) is 15.6. The lowest BCUT2D eigenvalue weighted by Crippen LogP contribution is -2.33. The van der Waals surface area contributed by atoms with Crippen LogP contribution < -0.4 is 5.32 Å². The zero-order valence-corrected chi connectivity index (χ0v) is 13.5. The molecule has 0 saturated carbocycles. The van der Waals surface area contributed by atoms with Crippen LogP contribution in [0, 0.1) is 5.41 Å². The van der Waals surface area contributed by atoms with Gasteiger partial charge in [-0.15, -0.1) is 0 Å². The predicted molar refractivity (Wildman–Crippen MR) is 90.9 cm³/mol. The average molecular weight is 313 g/mol. The maximum atomic E-state index is 7.73. The highest BCUT2D eigenvalue weighted by Crippen LogP contribution is 2.23. The first-order valence-corrected chi connectivity index (χ1v) is 8.08. The predicted octanol–water partition coefficient (Wildman–Crippen LogP) is 1.77. The van der Waals surface area contributed by atoms with Crippen LogP contribution in [0.15, 0.2) is 18.7 Å². The molecule has 1 saturated heterocycles. The molecule has 1 aliphatic heterocycles. The van der Waals surface area contributed by atoms with Gasteiger partial charge in [0.25, 0.3) is 0 Å². The third kappa shape index (κ3) is 3.73. The standard InChI is InChI=1S/C16H23N7/c1-22-11-13(10-21-22)15-14(9-17)16(20-12-19-15)18-5-8-23-6-3-2-4-7-23/h9-12,17H,2-8H2,1H3,(H,18,19,20). The zero-order chi connectivity index (χ0) is 16.1. The number of likely N-dealkylation sites (tertiary alicyclic amines) is 1. The Morgan fingerprint density at radius 3 is 2.78 bits per heavy atom. The number of nitrogens with one attached hydrogen (secondary N) is 2. The minimum absolute atomic E-state index is 0.708. The van der Waals surface area contributed by atoms with E-state index in [1.807, 2.05) is 13.2 Å². The Bertz CT molecular complexity index is 658. The van der Waals surface area contributed by atoms with Gasteiger partial charge in [0, 0.05) is 38.1 Å². The van der Waals surface area contributed by atoms with E-state index in [9.17, 15) is 0 Å². The highest BCUT2D eigenvalue weighted by molar-refractivity contribution is 5.92. The van der Waals surface area contributed by atoms with Crippen LogP contribution in [-0.2, 0) is 7.05 Å². The molecule has 2 aromatic heterocycles. The van der Waals surface area contributed by atoms with E-state index in [4.69, 9.17) is 5.41 Å². The van der Waals surface area contributed by atoms with Gasteiger partial charge in [-0.25, -0.2) is 9.97 Å². The number of nitrogens with zero attached hydrogens (tertiary/aromatic N) is 5. The number of rotatable bonds is 6. The topological polar surface area (TPSA) is 82.7 Å². The van der Waals surface area contributed by atoms with Gasteiger partial charge < -0.3 is 15.6 Å². The molecule has 3 heterocycles. The highest BCUT2D eigenvalue weighted by Gasteiger charge is 2.13. The van der Waals surface area contributed by atoms with Gasteiger partial charge in [0.05, 0.1) is 17.5 Å². The molecule has 0 aliphatic carbocycles. The van der Waals surface area contributed by atoms with Gasteiger partial charge in [0.15, 0.2) is 0 Å². The maximum Gasteiger partial charge on any atom is 0.138 e. The summed E-state index contributed by atoms with van der Waals surface area (Å²) in [5, 5.41) is 15.3. The molecule has 0 atom stereocenters. The fourth-order valence-corrected chi connectivity index (χ4v) is 2.96. The summed E-state index contributed by atoms with van der Waals surface area (Å²) in [6, 6.07) is 0. The van der Waals surface area contributed by atoms with Crippen LogP contribution in [-0.4, -0.2) is 57.0 Å². The van der Waals surface area contributed by atoms with E-state index in [1.54, 1.807) is 17.2 Å². The lowest BCUT2D eigenvalue weighted by atomic mass is 10.1. The minimum Gasteiger partial charge on any atom is -0.368 e. The summed E-state index contributed by atoms with van der Waals surface area (Å²) in [5.41, 5.74) is 2.34. The van der Waals surface area contributed by atoms with Crippen molar-refractivity contribution in [2.75, 3.05) is 31.5 Å². The summed E-state index contributed by atoms with van der Waals surface area (Å²) in [5.74, 6) is 0.714. The Morgan fingerprint density at radius 2 is 2.09 bits per heavy atom. The van der Waals surface area contributed by atoms with Crippen molar-refractivity contribution in [2.24, 2.45) is 7.05 Å². The molecule has 0 bridgehead atoms. The molecule has 0 radical (unpaired) electrons. The summed E-state index contributed by atoms with van der Waals surface area (Å²) >= 11 is 0. The Morgan fingerprint density at radius 1 is 1.26 bits per heavy atom. The third-order valence-electron chi connectivity index (χ3n) is 4.18. The Labute approximate surface area is 136 Å². The highest BCUT2D eigenvalue weighted by atomic mass is 15.2. The van der Waals surface area contributed by atoms with Crippen molar-refractivity contribution in [1.29, 1.82) is 5.41 Å². The molecule has 0 amide bonds. The summed E-state index contributed by atoms with van der Waals surface area (Å²) in [7, 11) is 1.87. The van der Waals surface area contributed by atoms with Crippen LogP contribution in [0.5, 0.6) is 0 Å². The van der Waals surface area contributed by atoms with E-state index in [-0.39, 0.29) is 0 Å². The van der Waals surface area contributed by atoms with Crippen molar-refractivity contribution in [3.63, 3.8) is 0 Å². The van der Waals surface area contributed by atoms with Crippen LogP contribution >= 0.6 is 0 Å². The van der Waals surface area contributed by atoms with E-state index in [2.05, 4.69) is 25.3 Å². The van der Waals surface area contributed by atoms with Crippen LogP contribution in [0.3, 0.4) is 0 Å². The molecular weight excluding hydrogens is 290 g/mol. The fourth-order valence-electron chi connectivity index (χ4n) is 2.96. The van der Waals surface area contributed by atoms with Crippen LogP contribution in [0.25, 0.3) is 11.3 Å². The number of anilines is 1. The second kappa shape index (κ2) is 7.32. The van der Waals surface area contributed by atoms with Crippen LogP contribution in [0.4, 0.5) is 5.82 Å². The smallest absolute Gasteiger partial charge is 0.138 e. The quantitative estimate of drug-likeness (QED) is 0.794. The van der Waals surface area contributed by atoms with Crippen molar-refractivity contribution >= 4 is 12.0 Å². The molecule has 0 aromatic carbocycles. The van der Waals surface area contributed by atoms with E-state index in [0.717, 1.165) is 24.3 Å². The molecule has 2 aromatic rings. The minimum atomic E-state index is 0.708. The van der Waals surface area contributed by atoms with Crippen molar-refractivity contribution in [3.05, 3.63) is 24.3 Å². The zero-order valence-electron chi connectivity index (χ0n) is 13.5. The third-order valence-corrected chi connectivity index (χ3v) is 4.18. The van der Waals surface area contributed by atoms with E-state index in [1.165, 1.54) is 38.6 Å². The van der Waals surface area contributed by atoms with Crippen molar-refractivity contribution in [2.45, 2.75) is 19.3 Å². The van der Waals surface area contributed by atoms with Crippen molar-refractivity contribution < 1.29 is 0 Å². The Kier molecular flexibility index (Phi) is 4.97. The molecule has 0 unspecified atom stereocenters. The number of aryl methyl sites for hydroxylation is 1. The monoisotopic (exact) mass is 313 g/mol. The lowest BCUT2D eigenvalue weighted by molar-refractivity contribution is 0.237. The fraction of sp³-hybridized carbons (Fsp3) is 0.500. The maximum absolute atomic E-state index is 7.73. The molecular formula is C16H23N7. The summed E-state index contributed by atoms with van der Waals surface area (Å²) < 4.78 is 1.73. The van der Waals surface area contributed by atoms with Gasteiger partial charge in [0.2, 0.25) is 0 Å². The van der Waals surface area contributed by atoms with Crippen molar-refractivity contribution in [1.82, 2.24) is 24.6 Å². The molecule has 1 fully saturated rings. The summed E-state index contributed by atoms with van der Waals surface area (Å²) in [6.07, 6.45) is 10.4. The molecule has 0 spiro atoms. The number of hydrogen-bond donors (Lipinski definition) is 2. The van der Waals surface area contributed by atoms with E-state index < -0.39 is 0 Å². The Balaban J connectivity index is 1.70. The van der Waals surface area contributed by atoms with Gasteiger partial charge in [-0.1, -0.05) is 6.42 Å². The molecule has 7 nitrogen and oxygen atoms in total. The van der Waals surface area contributed by atoms with Gasteiger partial charge in [0.1, 0.15) is 12.1 Å². The summed E-state index contributed by atoms with van der Waals surface area (Å²) in [4.78, 5) is 11.1.